The van der Waals surface area contributed by atoms with E-state index in [9.17, 15) is 14.4 Å². The van der Waals surface area contributed by atoms with Gasteiger partial charge in [0.1, 0.15) is 11.8 Å². The Balaban J connectivity index is 1.60. The van der Waals surface area contributed by atoms with Crippen molar-refractivity contribution in [1.29, 1.82) is 0 Å². The van der Waals surface area contributed by atoms with E-state index in [1.165, 1.54) is 6.08 Å². The van der Waals surface area contributed by atoms with Crippen LogP contribution in [0.15, 0.2) is 59.6 Å². The average molecular weight is 465 g/mol. The van der Waals surface area contributed by atoms with Gasteiger partial charge in [0.25, 0.3) is 0 Å². The van der Waals surface area contributed by atoms with Crippen molar-refractivity contribution in [3.63, 3.8) is 0 Å². The van der Waals surface area contributed by atoms with Crippen molar-refractivity contribution in [2.45, 2.75) is 32.2 Å². The minimum Gasteiger partial charge on any atom is -0.464 e. The van der Waals surface area contributed by atoms with E-state index >= 15 is 0 Å². The number of aliphatic imine (C=N–C) groups is 1. The van der Waals surface area contributed by atoms with Gasteiger partial charge < -0.3 is 25.8 Å². The summed E-state index contributed by atoms with van der Waals surface area (Å²) in [4.78, 5) is 42.7. The van der Waals surface area contributed by atoms with Gasteiger partial charge in [-0.25, -0.2) is 14.6 Å². The molecular formula is C25H28N4O5. The van der Waals surface area contributed by atoms with E-state index in [1.807, 2.05) is 0 Å². The molecule has 4 N–H and O–H groups in total. The van der Waals surface area contributed by atoms with E-state index in [1.54, 1.807) is 66.4 Å². The molecule has 3 rings (SSSR count). The Bertz CT molecular complexity index is 1070. The predicted octanol–water partition coefficient (Wildman–Crippen LogP) is 2.77. The van der Waals surface area contributed by atoms with Gasteiger partial charge in [0.2, 0.25) is 5.91 Å². The second-order valence-electron chi connectivity index (χ2n) is 7.67. The molecule has 1 aliphatic heterocycles. The monoisotopic (exact) mass is 464 g/mol. The zero-order valence-corrected chi connectivity index (χ0v) is 19.0. The number of piperidine rings is 1. The van der Waals surface area contributed by atoms with Crippen molar-refractivity contribution >= 4 is 35.6 Å². The topological polar surface area (TPSA) is 137 Å². The maximum absolute atomic E-state index is 12.7. The van der Waals surface area contributed by atoms with Crippen LogP contribution in [0.4, 0.5) is 5.69 Å². The van der Waals surface area contributed by atoms with E-state index in [0.29, 0.717) is 30.0 Å². The molecule has 1 atom stereocenters. The molecule has 0 saturated carbocycles. The van der Waals surface area contributed by atoms with Gasteiger partial charge in [0, 0.05) is 12.6 Å². The van der Waals surface area contributed by atoms with Crippen LogP contribution in [0.5, 0.6) is 5.75 Å². The lowest BCUT2D eigenvalue weighted by Gasteiger charge is -2.33. The maximum atomic E-state index is 12.7. The Labute approximate surface area is 198 Å². The Morgan fingerprint density at radius 1 is 1.06 bits per heavy atom. The molecule has 1 fully saturated rings. The second kappa shape index (κ2) is 11.6. The van der Waals surface area contributed by atoms with E-state index in [4.69, 9.17) is 20.9 Å². The molecule has 0 bridgehead atoms. The van der Waals surface area contributed by atoms with Crippen LogP contribution < -0.4 is 16.2 Å². The normalized spacial score (nSPS) is 15.6. The number of esters is 2. The zero-order chi connectivity index (χ0) is 24.5. The van der Waals surface area contributed by atoms with Crippen LogP contribution in [0.3, 0.4) is 0 Å². The molecule has 1 aliphatic rings. The van der Waals surface area contributed by atoms with E-state index in [0.717, 1.165) is 18.4 Å². The number of ether oxygens (including phenoxy) is 2. The molecule has 34 heavy (non-hydrogen) atoms. The Kier molecular flexibility index (Phi) is 8.39. The first-order valence-electron chi connectivity index (χ1n) is 11.0. The van der Waals surface area contributed by atoms with Crippen molar-refractivity contribution < 1.29 is 23.9 Å². The molecule has 2 aromatic rings. The van der Waals surface area contributed by atoms with Crippen LogP contribution in [-0.4, -0.2) is 47.9 Å². The standard InChI is InChI=1S/C25H28N4O5/c1-2-33-24(32)21-5-3-4-16-29(21)22(30)15-8-17-6-9-18(10-7-17)23(31)34-20-13-11-19(12-14-20)28-25(26)27/h6-15,21H,2-5,16H2,1H3,(H4,26,27,28). The van der Waals surface area contributed by atoms with Crippen LogP contribution in [0.2, 0.25) is 0 Å². The zero-order valence-electron chi connectivity index (χ0n) is 19.0. The van der Waals surface area contributed by atoms with Gasteiger partial charge in [-0.05, 0) is 74.2 Å². The number of amides is 1. The summed E-state index contributed by atoms with van der Waals surface area (Å²) in [6.07, 6.45) is 5.42. The molecule has 0 radical (unpaired) electrons. The first kappa shape index (κ1) is 24.5. The van der Waals surface area contributed by atoms with Crippen molar-refractivity contribution in [3.05, 3.63) is 65.7 Å². The third-order valence-corrected chi connectivity index (χ3v) is 5.21. The lowest BCUT2D eigenvalue weighted by molar-refractivity contribution is -0.155. The summed E-state index contributed by atoms with van der Waals surface area (Å²) in [5, 5.41) is 0. The predicted molar refractivity (Wildman–Crippen MR) is 128 cm³/mol. The first-order chi connectivity index (χ1) is 16.4. The summed E-state index contributed by atoms with van der Waals surface area (Å²) in [6.45, 7) is 2.55. The Morgan fingerprint density at radius 3 is 2.41 bits per heavy atom. The number of hydrogen-bond acceptors (Lipinski definition) is 6. The van der Waals surface area contributed by atoms with Gasteiger partial charge in [-0.3, -0.25) is 4.79 Å². The number of hydrogen-bond donors (Lipinski definition) is 2. The minimum atomic E-state index is -0.545. The lowest BCUT2D eigenvalue weighted by atomic mass is 10.0. The molecule has 2 aromatic carbocycles. The number of benzene rings is 2. The molecule has 0 aromatic heterocycles. The SMILES string of the molecule is CCOC(=O)C1CCCCN1C(=O)C=Cc1ccc(C(=O)Oc2ccc(N=C(N)N)cc2)cc1. The van der Waals surface area contributed by atoms with Gasteiger partial charge in [-0.2, -0.15) is 0 Å². The number of nitrogens with zero attached hydrogens (tertiary/aromatic N) is 2. The van der Waals surface area contributed by atoms with Gasteiger partial charge in [-0.15, -0.1) is 0 Å². The van der Waals surface area contributed by atoms with Crippen molar-refractivity contribution in [2.24, 2.45) is 16.5 Å². The van der Waals surface area contributed by atoms with E-state index in [2.05, 4.69) is 4.99 Å². The number of nitrogens with two attached hydrogens (primary N) is 2. The number of guanidine groups is 1. The Hall–Kier alpha value is -4.14. The highest BCUT2D eigenvalue weighted by Gasteiger charge is 2.32. The summed E-state index contributed by atoms with van der Waals surface area (Å²) in [7, 11) is 0. The van der Waals surface area contributed by atoms with Gasteiger partial charge in [0.05, 0.1) is 17.9 Å². The van der Waals surface area contributed by atoms with Crippen LogP contribution in [-0.2, 0) is 14.3 Å². The molecule has 9 heteroatoms. The van der Waals surface area contributed by atoms with Gasteiger partial charge in [0.15, 0.2) is 5.96 Å². The van der Waals surface area contributed by atoms with Crippen molar-refractivity contribution in [1.82, 2.24) is 4.90 Å². The van der Waals surface area contributed by atoms with Crippen LogP contribution >= 0.6 is 0 Å². The molecule has 1 amide bonds. The largest absolute Gasteiger partial charge is 0.464 e. The van der Waals surface area contributed by atoms with E-state index in [-0.39, 0.29) is 24.4 Å². The third-order valence-electron chi connectivity index (χ3n) is 5.21. The highest BCUT2D eigenvalue weighted by atomic mass is 16.5. The van der Waals surface area contributed by atoms with E-state index < -0.39 is 12.0 Å². The van der Waals surface area contributed by atoms with Crippen molar-refractivity contribution in [3.8, 4) is 5.75 Å². The van der Waals surface area contributed by atoms with Gasteiger partial charge >= 0.3 is 11.9 Å². The van der Waals surface area contributed by atoms with Crippen LogP contribution in [0.1, 0.15) is 42.1 Å². The average Bonchev–Trinajstić information content (AvgIpc) is 2.84. The number of carbonyl (C=O) groups excluding carboxylic acids is 3. The molecule has 0 spiro atoms. The molecule has 1 heterocycles. The molecule has 0 aliphatic carbocycles. The number of rotatable bonds is 7. The third kappa shape index (κ3) is 6.68. The molecule has 1 saturated heterocycles. The summed E-state index contributed by atoms with van der Waals surface area (Å²) >= 11 is 0. The summed E-state index contributed by atoms with van der Waals surface area (Å²) in [6, 6.07) is 12.5. The summed E-state index contributed by atoms with van der Waals surface area (Å²) in [5.74, 6) is -0.836. The molecule has 178 valence electrons. The molecular weight excluding hydrogens is 436 g/mol. The fourth-order valence-corrected chi connectivity index (χ4v) is 3.58. The number of likely N-dealkylation sites (tertiary alicyclic amines) is 1. The number of carbonyl (C=O) groups is 3. The maximum Gasteiger partial charge on any atom is 0.343 e. The Morgan fingerprint density at radius 2 is 1.76 bits per heavy atom. The second-order valence-corrected chi connectivity index (χ2v) is 7.67. The first-order valence-corrected chi connectivity index (χ1v) is 11.0. The smallest absolute Gasteiger partial charge is 0.343 e. The summed E-state index contributed by atoms with van der Waals surface area (Å²) < 4.78 is 10.5. The molecule has 1 unspecified atom stereocenters. The minimum absolute atomic E-state index is 0.0599. The van der Waals surface area contributed by atoms with Crippen LogP contribution in [0.25, 0.3) is 6.08 Å². The lowest BCUT2D eigenvalue weighted by Crippen LogP contribution is -2.48. The van der Waals surface area contributed by atoms with Gasteiger partial charge in [-0.1, -0.05) is 12.1 Å². The van der Waals surface area contributed by atoms with Crippen LogP contribution in [0, 0.1) is 0 Å². The van der Waals surface area contributed by atoms with Crippen molar-refractivity contribution in [2.75, 3.05) is 13.2 Å². The summed E-state index contributed by atoms with van der Waals surface area (Å²) in [5.41, 5.74) is 12.3. The highest BCUT2D eigenvalue weighted by Crippen LogP contribution is 2.20. The quantitative estimate of drug-likeness (QED) is 0.211. The fraction of sp³-hybridized carbons (Fsp3) is 0.280. The highest BCUT2D eigenvalue weighted by molar-refractivity contribution is 5.95. The molecule has 9 nitrogen and oxygen atoms in total. The fourth-order valence-electron chi connectivity index (χ4n) is 3.58.